The van der Waals surface area contributed by atoms with Crippen LogP contribution in [0.3, 0.4) is 0 Å². The number of carbonyl (C=O) groups is 1. The average molecular weight is 475 g/mol. The van der Waals surface area contributed by atoms with E-state index in [0.29, 0.717) is 41.9 Å². The van der Waals surface area contributed by atoms with Crippen molar-refractivity contribution in [2.24, 2.45) is 10.9 Å². The average Bonchev–Trinajstić information content (AvgIpc) is 3.52. The van der Waals surface area contributed by atoms with Crippen LogP contribution in [-0.2, 0) is 12.7 Å². The lowest BCUT2D eigenvalue weighted by Gasteiger charge is -2.32. The lowest BCUT2D eigenvalue weighted by molar-refractivity contribution is -0.141. The van der Waals surface area contributed by atoms with Gasteiger partial charge in [-0.15, -0.1) is 0 Å². The number of rotatable bonds is 5. The molecular weight excluding hydrogens is 445 g/mol. The van der Waals surface area contributed by atoms with Crippen molar-refractivity contribution in [3.05, 3.63) is 41.3 Å². The Morgan fingerprint density at radius 3 is 2.56 bits per heavy atom. The highest BCUT2D eigenvalue weighted by Crippen LogP contribution is 2.40. The van der Waals surface area contributed by atoms with Gasteiger partial charge in [-0.2, -0.15) is 13.2 Å². The number of hydrogen-bond acceptors (Lipinski definition) is 5. The van der Waals surface area contributed by atoms with E-state index in [9.17, 15) is 18.0 Å². The number of nitrogens with one attached hydrogen (secondary N) is 1. The highest BCUT2D eigenvalue weighted by molar-refractivity contribution is 6.21. The predicted molar refractivity (Wildman–Crippen MR) is 124 cm³/mol. The van der Waals surface area contributed by atoms with Gasteiger partial charge in [-0.1, -0.05) is 32.8 Å². The number of nitrogens with zero attached hydrogens (tertiary/aromatic N) is 5. The van der Waals surface area contributed by atoms with Crippen LogP contribution >= 0.6 is 0 Å². The van der Waals surface area contributed by atoms with E-state index in [4.69, 9.17) is 4.99 Å². The predicted octanol–water partition coefficient (Wildman–Crippen LogP) is 4.59. The first kappa shape index (κ1) is 22.7. The summed E-state index contributed by atoms with van der Waals surface area (Å²) < 4.78 is 40.8. The molecule has 34 heavy (non-hydrogen) atoms. The summed E-state index contributed by atoms with van der Waals surface area (Å²) >= 11 is 0. The second-order valence-electron chi connectivity index (χ2n) is 9.76. The van der Waals surface area contributed by atoms with Gasteiger partial charge in [-0.3, -0.25) is 14.7 Å². The quantitative estimate of drug-likeness (QED) is 0.689. The van der Waals surface area contributed by atoms with Crippen LogP contribution in [0.5, 0.6) is 0 Å². The van der Waals surface area contributed by atoms with Gasteiger partial charge in [0.15, 0.2) is 0 Å². The van der Waals surface area contributed by atoms with Crippen LogP contribution in [0.1, 0.15) is 61.1 Å². The maximum absolute atomic E-state index is 13.5. The maximum atomic E-state index is 13.5. The van der Waals surface area contributed by atoms with Crippen LogP contribution in [-0.4, -0.2) is 52.0 Å². The molecule has 1 saturated carbocycles. The SMILES string of the molecule is CC(C)[C@@H]1CN2C(=N1)N(C)C(=O)c1c2cn(Cc2ccc(C(F)(F)F)nc2)c1NC1CCCC1. The number of carbonyl (C=O) groups excluding carboxylic acids is 1. The second-order valence-corrected chi connectivity index (χ2v) is 9.76. The number of amides is 1. The summed E-state index contributed by atoms with van der Waals surface area (Å²) in [5.74, 6) is 1.57. The summed E-state index contributed by atoms with van der Waals surface area (Å²) in [5, 5.41) is 3.59. The van der Waals surface area contributed by atoms with Gasteiger partial charge < -0.3 is 14.8 Å². The molecule has 0 radical (unpaired) electrons. The van der Waals surface area contributed by atoms with Crippen molar-refractivity contribution in [1.82, 2.24) is 14.5 Å². The van der Waals surface area contributed by atoms with Crippen molar-refractivity contribution in [2.75, 3.05) is 23.8 Å². The Balaban J connectivity index is 1.54. The summed E-state index contributed by atoms with van der Waals surface area (Å²) in [7, 11) is 1.75. The molecule has 0 spiro atoms. The number of fused-ring (bicyclic) bond motifs is 3. The molecule has 7 nitrogen and oxygen atoms in total. The van der Waals surface area contributed by atoms with E-state index in [2.05, 4.69) is 29.0 Å². The van der Waals surface area contributed by atoms with Crippen LogP contribution in [0, 0.1) is 5.92 Å². The van der Waals surface area contributed by atoms with Crippen molar-refractivity contribution in [1.29, 1.82) is 0 Å². The Morgan fingerprint density at radius 2 is 1.94 bits per heavy atom. The minimum Gasteiger partial charge on any atom is -0.368 e. The summed E-state index contributed by atoms with van der Waals surface area (Å²) in [5.41, 5.74) is 1.11. The van der Waals surface area contributed by atoms with E-state index in [1.807, 2.05) is 10.8 Å². The highest BCUT2D eigenvalue weighted by Gasteiger charge is 2.42. The Bertz CT molecular complexity index is 1110. The van der Waals surface area contributed by atoms with Gasteiger partial charge >= 0.3 is 6.18 Å². The smallest absolute Gasteiger partial charge is 0.368 e. The third-order valence-corrected chi connectivity index (χ3v) is 6.99. The van der Waals surface area contributed by atoms with Crippen LogP contribution in [0.4, 0.5) is 24.7 Å². The number of aliphatic imine (C=N–C) groups is 1. The number of pyridine rings is 1. The Hall–Kier alpha value is -3.04. The lowest BCUT2D eigenvalue weighted by atomic mass is 10.1. The molecule has 0 unspecified atom stereocenters. The van der Waals surface area contributed by atoms with Gasteiger partial charge in [0.2, 0.25) is 5.96 Å². The number of anilines is 2. The number of alkyl halides is 3. The molecule has 1 aliphatic carbocycles. The molecule has 0 saturated heterocycles. The zero-order valence-corrected chi connectivity index (χ0v) is 19.6. The zero-order valence-electron chi connectivity index (χ0n) is 19.6. The molecule has 3 aliphatic rings. The first-order valence-electron chi connectivity index (χ1n) is 11.8. The number of guanidine groups is 1. The van der Waals surface area contributed by atoms with E-state index in [0.717, 1.165) is 37.4 Å². The third-order valence-electron chi connectivity index (χ3n) is 6.99. The summed E-state index contributed by atoms with van der Waals surface area (Å²) in [6.07, 6.45) is 3.03. The fraction of sp³-hybridized carbons (Fsp3) is 0.542. The van der Waals surface area contributed by atoms with Crippen molar-refractivity contribution >= 4 is 23.4 Å². The zero-order chi connectivity index (χ0) is 24.2. The monoisotopic (exact) mass is 474 g/mol. The molecule has 4 heterocycles. The van der Waals surface area contributed by atoms with Crippen LogP contribution in [0.15, 0.2) is 29.5 Å². The molecule has 182 valence electrons. The largest absolute Gasteiger partial charge is 0.433 e. The van der Waals surface area contributed by atoms with Crippen molar-refractivity contribution in [3.63, 3.8) is 0 Å². The van der Waals surface area contributed by atoms with Gasteiger partial charge in [0.05, 0.1) is 18.3 Å². The lowest BCUT2D eigenvalue weighted by Crippen LogP contribution is -2.48. The van der Waals surface area contributed by atoms with E-state index in [1.165, 1.54) is 12.3 Å². The molecule has 1 N–H and O–H groups in total. The Labute approximate surface area is 196 Å². The van der Waals surface area contributed by atoms with Gasteiger partial charge in [0.25, 0.3) is 5.91 Å². The third kappa shape index (κ3) is 3.92. The first-order valence-corrected chi connectivity index (χ1v) is 11.8. The second kappa shape index (κ2) is 8.32. The number of hydrogen-bond donors (Lipinski definition) is 1. The van der Waals surface area contributed by atoms with Gasteiger partial charge in [0.1, 0.15) is 17.1 Å². The summed E-state index contributed by atoms with van der Waals surface area (Å²) in [6, 6.07) is 2.79. The van der Waals surface area contributed by atoms with Crippen molar-refractivity contribution in [3.8, 4) is 0 Å². The normalized spacial score (nSPS) is 20.7. The maximum Gasteiger partial charge on any atom is 0.433 e. The van der Waals surface area contributed by atoms with E-state index in [1.54, 1.807) is 11.9 Å². The minimum absolute atomic E-state index is 0.0879. The molecule has 1 fully saturated rings. The van der Waals surface area contributed by atoms with E-state index >= 15 is 0 Å². The molecule has 5 rings (SSSR count). The Kier molecular flexibility index (Phi) is 5.56. The standard InChI is InChI=1S/C24H29F3N6O/c1-14(2)17-12-33-18-13-32(11-15-8-9-19(28-10-15)24(25,26)27)21(29-16-6-4-5-7-16)20(18)22(34)31(3)23(33)30-17/h8-10,13-14,16-17,29H,4-7,11-12H2,1-3H3/t17-/m0/s1. The molecule has 0 aromatic carbocycles. The first-order chi connectivity index (χ1) is 16.1. The fourth-order valence-electron chi connectivity index (χ4n) is 5.00. The van der Waals surface area contributed by atoms with Gasteiger partial charge in [-0.05, 0) is 30.4 Å². The van der Waals surface area contributed by atoms with E-state index in [-0.39, 0.29) is 18.0 Å². The molecule has 2 aliphatic heterocycles. The molecule has 2 aromatic rings. The van der Waals surface area contributed by atoms with Crippen LogP contribution in [0.2, 0.25) is 0 Å². The summed E-state index contributed by atoms with van der Waals surface area (Å²) in [4.78, 5) is 25.6. The van der Waals surface area contributed by atoms with Crippen molar-refractivity contribution < 1.29 is 18.0 Å². The van der Waals surface area contributed by atoms with Crippen LogP contribution < -0.4 is 10.2 Å². The minimum atomic E-state index is -4.48. The molecule has 1 atom stereocenters. The fourth-order valence-corrected chi connectivity index (χ4v) is 5.00. The van der Waals surface area contributed by atoms with Crippen LogP contribution in [0.25, 0.3) is 0 Å². The molecule has 10 heteroatoms. The van der Waals surface area contributed by atoms with E-state index < -0.39 is 11.9 Å². The molecule has 1 amide bonds. The molecular formula is C24H29F3N6O. The molecule has 2 aromatic heterocycles. The number of halogens is 3. The Morgan fingerprint density at radius 1 is 1.21 bits per heavy atom. The van der Waals surface area contributed by atoms with Gasteiger partial charge in [0, 0.05) is 32.0 Å². The summed E-state index contributed by atoms with van der Waals surface area (Å²) in [6.45, 7) is 5.22. The molecule has 0 bridgehead atoms. The topological polar surface area (TPSA) is 65.8 Å². The van der Waals surface area contributed by atoms with Crippen molar-refractivity contribution in [2.45, 2.75) is 64.3 Å². The highest BCUT2D eigenvalue weighted by atomic mass is 19.4. The number of aromatic nitrogens is 2. The van der Waals surface area contributed by atoms with Gasteiger partial charge in [-0.25, -0.2) is 4.99 Å².